The average Bonchev–Trinajstić information content (AvgIpc) is 3.44. The number of allylic oxidation sites excluding steroid dienone is 1. The monoisotopic (exact) mass is 699 g/mol. The van der Waals surface area contributed by atoms with Gasteiger partial charge < -0.3 is 20.8 Å². The lowest BCUT2D eigenvalue weighted by Gasteiger charge is -2.73. The van der Waals surface area contributed by atoms with E-state index in [1.807, 2.05) is 6.07 Å². The Morgan fingerprint density at radius 2 is 1.59 bits per heavy atom. The van der Waals surface area contributed by atoms with Gasteiger partial charge in [-0.1, -0.05) is 58.9 Å². The molecule has 0 aromatic heterocycles. The van der Waals surface area contributed by atoms with E-state index in [0.717, 1.165) is 62.5 Å². The van der Waals surface area contributed by atoms with Gasteiger partial charge in [0.05, 0.1) is 29.4 Å². The highest BCUT2D eigenvalue weighted by Crippen LogP contribution is 2.80. The molecule has 1 aromatic rings. The fourth-order valence-corrected chi connectivity index (χ4v) is 13.7. The number of benzene rings is 1. The number of nitrogens with zero attached hydrogens (tertiary/aromatic N) is 1. The maximum absolute atomic E-state index is 14.7. The van der Waals surface area contributed by atoms with Gasteiger partial charge in [0.15, 0.2) is 0 Å². The summed E-state index contributed by atoms with van der Waals surface area (Å²) in [6.07, 6.45) is 9.32. The summed E-state index contributed by atoms with van der Waals surface area (Å²) in [4.78, 5) is 38.2. The first-order valence-corrected chi connectivity index (χ1v) is 19.6. The second-order valence-corrected chi connectivity index (χ2v) is 18.6. The largest absolute Gasteiger partial charge is 0.481 e. The second-order valence-electron chi connectivity index (χ2n) is 18.6. The van der Waals surface area contributed by atoms with Crippen molar-refractivity contribution in [2.75, 3.05) is 13.1 Å². The van der Waals surface area contributed by atoms with Crippen LogP contribution < -0.4 is 10.6 Å². The molecule has 0 radical (unpaired) electrons. The number of nitrogens with one attached hydrogen (secondary N) is 2. The van der Waals surface area contributed by atoms with E-state index in [-0.39, 0.29) is 64.4 Å². The fraction of sp³-hybridized carbons (Fsp3) is 0.721. The van der Waals surface area contributed by atoms with Crippen LogP contribution in [0.15, 0.2) is 36.4 Å². The van der Waals surface area contributed by atoms with Crippen LogP contribution in [0.2, 0.25) is 0 Å². The Balaban J connectivity index is 1.26. The molecule has 0 saturated heterocycles. The minimum absolute atomic E-state index is 0.0108. The highest BCUT2D eigenvalue weighted by atomic mass is 16.4. The van der Waals surface area contributed by atoms with Crippen LogP contribution in [0.3, 0.4) is 0 Å². The normalized spacial score (nSPS) is 40.7. The van der Waals surface area contributed by atoms with Crippen LogP contribution in [0.4, 0.5) is 0 Å². The first-order chi connectivity index (χ1) is 23.9. The maximum Gasteiger partial charge on any atom is 0.305 e. The van der Waals surface area contributed by atoms with E-state index in [1.165, 1.54) is 0 Å². The lowest BCUT2D eigenvalue weighted by atomic mass is 9.30. The minimum Gasteiger partial charge on any atom is -0.481 e. The predicted octanol–water partition coefficient (Wildman–Crippen LogP) is 7.46. The van der Waals surface area contributed by atoms with Crippen molar-refractivity contribution in [1.29, 1.82) is 5.26 Å². The minimum atomic E-state index is -0.965. The number of amides is 2. The molecule has 8 nitrogen and oxygen atoms in total. The Morgan fingerprint density at radius 3 is 2.27 bits per heavy atom. The van der Waals surface area contributed by atoms with Gasteiger partial charge in [0.2, 0.25) is 5.91 Å². The molecule has 3 unspecified atom stereocenters. The van der Waals surface area contributed by atoms with Crippen LogP contribution in [-0.2, 0) is 16.0 Å². The number of hydrogen-bond acceptors (Lipinski definition) is 5. The number of nitriles is 1. The highest BCUT2D eigenvalue weighted by molar-refractivity contribution is 5.94. The lowest BCUT2D eigenvalue weighted by Crippen LogP contribution is -2.70. The first-order valence-electron chi connectivity index (χ1n) is 19.6. The Morgan fingerprint density at radius 1 is 0.882 bits per heavy atom. The van der Waals surface area contributed by atoms with Gasteiger partial charge in [0.1, 0.15) is 0 Å². The smallest absolute Gasteiger partial charge is 0.305 e. The Labute approximate surface area is 305 Å². The summed E-state index contributed by atoms with van der Waals surface area (Å²) in [5, 5.41) is 37.5. The second kappa shape index (κ2) is 13.0. The van der Waals surface area contributed by atoms with Crippen molar-refractivity contribution >= 4 is 17.8 Å². The number of aliphatic hydroxyl groups excluding tert-OH is 1. The van der Waals surface area contributed by atoms with Crippen molar-refractivity contribution in [2.24, 2.45) is 56.2 Å². The molecule has 8 heteroatoms. The van der Waals surface area contributed by atoms with Gasteiger partial charge >= 0.3 is 5.97 Å². The molecule has 278 valence electrons. The van der Waals surface area contributed by atoms with Crippen LogP contribution in [0.5, 0.6) is 0 Å². The zero-order valence-electron chi connectivity index (χ0n) is 31.9. The van der Waals surface area contributed by atoms with E-state index < -0.39 is 16.8 Å². The Hall–Kier alpha value is -3.18. The molecule has 0 aliphatic heterocycles. The molecule has 0 bridgehead atoms. The zero-order valence-corrected chi connectivity index (χ0v) is 31.9. The van der Waals surface area contributed by atoms with Crippen molar-refractivity contribution in [1.82, 2.24) is 10.6 Å². The topological polar surface area (TPSA) is 140 Å². The molecular weight excluding hydrogens is 638 g/mol. The van der Waals surface area contributed by atoms with Gasteiger partial charge in [-0.2, -0.15) is 5.26 Å². The summed E-state index contributed by atoms with van der Waals surface area (Å²) in [5.41, 5.74) is 0.688. The molecular formula is C43H61N3O5. The number of hydrogen-bond donors (Lipinski definition) is 4. The fourth-order valence-electron chi connectivity index (χ4n) is 13.7. The molecule has 5 saturated carbocycles. The predicted molar refractivity (Wildman–Crippen MR) is 197 cm³/mol. The number of aliphatic hydroxyl groups is 1. The number of rotatable bonds is 9. The molecule has 5 aliphatic rings. The molecule has 10 atom stereocenters. The third kappa shape index (κ3) is 5.41. The van der Waals surface area contributed by atoms with Crippen LogP contribution in [0.25, 0.3) is 0 Å². The molecule has 1 aromatic carbocycles. The van der Waals surface area contributed by atoms with Crippen molar-refractivity contribution < 1.29 is 24.6 Å². The average molecular weight is 700 g/mol. The van der Waals surface area contributed by atoms with E-state index in [1.54, 1.807) is 18.2 Å². The van der Waals surface area contributed by atoms with Crippen molar-refractivity contribution in [3.63, 3.8) is 0 Å². The quantitative estimate of drug-likeness (QED) is 0.197. The Kier molecular flexibility index (Phi) is 9.61. The number of carbonyl (C=O) groups is 3. The summed E-state index contributed by atoms with van der Waals surface area (Å²) < 4.78 is 0. The lowest BCUT2D eigenvalue weighted by molar-refractivity contribution is -0.256. The number of aliphatic carboxylic acids is 1. The summed E-state index contributed by atoms with van der Waals surface area (Å²) in [6.45, 7) is 19.1. The summed E-state index contributed by atoms with van der Waals surface area (Å²) >= 11 is 0. The number of carbonyl (C=O) groups excluding carboxylic acids is 2. The van der Waals surface area contributed by atoms with Crippen molar-refractivity contribution in [3.8, 4) is 6.07 Å². The van der Waals surface area contributed by atoms with Crippen LogP contribution in [-0.4, -0.2) is 47.2 Å². The molecule has 0 spiro atoms. The SMILES string of the molecule is C=C(C)[C@@H]1CC[C@]2(C(=O)NCCc3cccc(C(=O)NCCC(=O)O)c3)CC[C@]3(C)[C@H](CCC4[C@@]5(C)CC[C@H](O)C(C)(C)C5CC[C@]43C)C12C#N. The van der Waals surface area contributed by atoms with Gasteiger partial charge in [-0.15, -0.1) is 0 Å². The van der Waals surface area contributed by atoms with Gasteiger partial charge in [0.25, 0.3) is 5.91 Å². The van der Waals surface area contributed by atoms with Crippen LogP contribution in [0.1, 0.15) is 128 Å². The Bertz CT molecular complexity index is 1630. The maximum atomic E-state index is 14.7. The summed E-state index contributed by atoms with van der Waals surface area (Å²) in [7, 11) is 0. The molecule has 51 heavy (non-hydrogen) atoms. The van der Waals surface area contributed by atoms with E-state index in [0.29, 0.717) is 43.2 Å². The number of fused-ring (bicyclic) bond motifs is 7. The van der Waals surface area contributed by atoms with Crippen molar-refractivity contribution in [2.45, 2.75) is 125 Å². The summed E-state index contributed by atoms with van der Waals surface area (Å²) in [6, 6.07) is 10.2. The van der Waals surface area contributed by atoms with E-state index >= 15 is 0 Å². The first kappa shape index (κ1) is 37.6. The van der Waals surface area contributed by atoms with Crippen LogP contribution >= 0.6 is 0 Å². The third-order valence-corrected chi connectivity index (χ3v) is 16.4. The molecule has 2 amide bonds. The van der Waals surface area contributed by atoms with E-state index in [4.69, 9.17) is 5.11 Å². The van der Waals surface area contributed by atoms with Crippen molar-refractivity contribution in [3.05, 3.63) is 47.5 Å². The van der Waals surface area contributed by atoms with Gasteiger partial charge in [0, 0.05) is 18.7 Å². The van der Waals surface area contributed by atoms with Gasteiger partial charge in [-0.3, -0.25) is 14.4 Å². The zero-order chi connectivity index (χ0) is 37.2. The highest BCUT2D eigenvalue weighted by Gasteiger charge is 2.77. The van der Waals surface area contributed by atoms with Gasteiger partial charge in [-0.05, 0) is 141 Å². The standard InChI is InChI=1S/C43H61N3O5/c1-27(2)30-13-20-42(37(51)46-23-16-28-9-8-10-29(25-28)36(50)45-24-17-35(48)49)22-21-41(7)33(43(30,42)26-44)12-11-32-39(5)18-15-34(47)38(3,4)31(39)14-19-40(32,41)6/h8-10,25,30-34,47H,1,11-24H2,2-7H3,(H,45,50)(H,46,51)(H,48,49)/t30-,31?,32?,33-,34-,39-,40+,41+,42+,43?/m0/s1. The van der Waals surface area contributed by atoms with E-state index in [2.05, 4.69) is 64.8 Å². The van der Waals surface area contributed by atoms with E-state index in [9.17, 15) is 24.8 Å². The molecule has 5 fully saturated rings. The molecule has 0 heterocycles. The van der Waals surface area contributed by atoms with Gasteiger partial charge in [-0.25, -0.2) is 0 Å². The third-order valence-electron chi connectivity index (χ3n) is 16.4. The molecule has 5 aliphatic carbocycles. The number of carboxylic acid groups (broad SMARTS) is 1. The van der Waals surface area contributed by atoms with Crippen LogP contribution in [0, 0.1) is 67.5 Å². The summed E-state index contributed by atoms with van der Waals surface area (Å²) in [5.74, 6) is -0.280. The molecule has 6 rings (SSSR count). The number of carboxylic acids is 1. The molecule has 4 N–H and O–H groups in total.